The van der Waals surface area contributed by atoms with Crippen molar-refractivity contribution < 1.29 is 4.42 Å². The summed E-state index contributed by atoms with van der Waals surface area (Å²) in [4.78, 5) is 14.8. The van der Waals surface area contributed by atoms with Crippen molar-refractivity contribution in [2.24, 2.45) is 0 Å². The molecule has 0 fully saturated rings. The monoisotopic (exact) mass is 716 g/mol. The Morgan fingerprint density at radius 2 is 0.982 bits per heavy atom. The van der Waals surface area contributed by atoms with Gasteiger partial charge in [-0.3, -0.25) is 4.98 Å². The zero-order chi connectivity index (χ0) is 37.0. The second kappa shape index (κ2) is 13.0. The van der Waals surface area contributed by atoms with E-state index in [4.69, 9.17) is 14.4 Å². The van der Waals surface area contributed by atoms with E-state index in [0.717, 1.165) is 89.0 Å². The maximum absolute atomic E-state index is 6.32. The predicted octanol–water partition coefficient (Wildman–Crippen LogP) is 13.2. The molecule has 56 heavy (non-hydrogen) atoms. The standard InChI is InChI=1S/C51H32N4O/c1-2-11-36(12-3-1)51-53-44(32-45(54-51)42-16-10-20-49-50(42)43-15-6-9-19-48(43)56-49)38-29-37(34-23-21-33(22-24-34)35-25-27-52-28-26-35)30-39(31-38)55-46-17-7-4-13-40(46)41-14-5-8-18-47(41)55/h1-32H. The predicted molar refractivity (Wildman–Crippen MR) is 229 cm³/mol. The molecule has 0 amide bonds. The Balaban J connectivity index is 1.17. The highest BCUT2D eigenvalue weighted by molar-refractivity contribution is 6.12. The SMILES string of the molecule is c1ccc(-c2nc(-c3cc(-c4ccc(-c5ccncc5)cc4)cc(-n4c5ccccc5c5ccccc54)c3)cc(-c3cccc4oc5ccccc5c34)n2)cc1. The van der Waals surface area contributed by atoms with Gasteiger partial charge in [0.2, 0.25) is 0 Å². The van der Waals surface area contributed by atoms with Crippen LogP contribution in [0.25, 0.3) is 106 Å². The van der Waals surface area contributed by atoms with Crippen LogP contribution in [0.3, 0.4) is 0 Å². The molecule has 5 heteroatoms. The average Bonchev–Trinajstić information content (AvgIpc) is 3.83. The molecule has 0 atom stereocenters. The number of rotatable bonds is 6. The fraction of sp³-hybridized carbons (Fsp3) is 0. The lowest BCUT2D eigenvalue weighted by molar-refractivity contribution is 0.669. The molecule has 0 aliphatic rings. The van der Waals surface area contributed by atoms with Gasteiger partial charge in [0.05, 0.1) is 22.4 Å². The van der Waals surface area contributed by atoms with Gasteiger partial charge >= 0.3 is 0 Å². The van der Waals surface area contributed by atoms with Crippen LogP contribution in [0.1, 0.15) is 0 Å². The molecule has 0 saturated heterocycles. The van der Waals surface area contributed by atoms with E-state index in [-0.39, 0.29) is 0 Å². The van der Waals surface area contributed by atoms with E-state index in [0.29, 0.717) is 5.82 Å². The van der Waals surface area contributed by atoms with Gasteiger partial charge in [0.25, 0.3) is 0 Å². The van der Waals surface area contributed by atoms with Crippen LogP contribution in [0.4, 0.5) is 0 Å². The van der Waals surface area contributed by atoms with Gasteiger partial charge < -0.3 is 8.98 Å². The molecule has 262 valence electrons. The third-order valence-corrected chi connectivity index (χ3v) is 10.7. The molecule has 0 aliphatic heterocycles. The van der Waals surface area contributed by atoms with Crippen LogP contribution < -0.4 is 0 Å². The van der Waals surface area contributed by atoms with Crippen molar-refractivity contribution in [2.45, 2.75) is 0 Å². The number of furan rings is 1. The van der Waals surface area contributed by atoms with Crippen molar-refractivity contribution >= 4 is 43.7 Å². The molecule has 0 bridgehead atoms. The minimum absolute atomic E-state index is 0.661. The molecule has 0 radical (unpaired) electrons. The Morgan fingerprint density at radius 1 is 0.393 bits per heavy atom. The lowest BCUT2D eigenvalue weighted by atomic mass is 9.97. The lowest BCUT2D eigenvalue weighted by Crippen LogP contribution is -1.99. The van der Waals surface area contributed by atoms with Gasteiger partial charge in [-0.05, 0) is 82.9 Å². The summed E-state index contributed by atoms with van der Waals surface area (Å²) in [6, 6.07) is 63.7. The topological polar surface area (TPSA) is 56.7 Å². The maximum atomic E-state index is 6.32. The first-order valence-electron chi connectivity index (χ1n) is 18.8. The summed E-state index contributed by atoms with van der Waals surface area (Å²) in [6.07, 6.45) is 3.67. The molecule has 0 N–H and O–H groups in total. The smallest absolute Gasteiger partial charge is 0.160 e. The zero-order valence-electron chi connectivity index (χ0n) is 30.2. The average molecular weight is 717 g/mol. The molecule has 0 saturated carbocycles. The van der Waals surface area contributed by atoms with Crippen LogP contribution in [0.15, 0.2) is 199 Å². The van der Waals surface area contributed by atoms with E-state index in [1.807, 2.05) is 67.0 Å². The molecular weight excluding hydrogens is 685 g/mol. The van der Waals surface area contributed by atoms with Gasteiger partial charge in [-0.15, -0.1) is 0 Å². The first-order valence-corrected chi connectivity index (χ1v) is 18.8. The molecule has 4 aromatic heterocycles. The van der Waals surface area contributed by atoms with Gasteiger partial charge in [0, 0.05) is 56.3 Å². The summed E-state index contributed by atoms with van der Waals surface area (Å²) >= 11 is 0. The normalized spacial score (nSPS) is 11.6. The van der Waals surface area contributed by atoms with Crippen LogP contribution in [-0.2, 0) is 0 Å². The van der Waals surface area contributed by atoms with Gasteiger partial charge in [-0.25, -0.2) is 9.97 Å². The minimum Gasteiger partial charge on any atom is -0.456 e. The van der Waals surface area contributed by atoms with E-state index < -0.39 is 0 Å². The van der Waals surface area contributed by atoms with Crippen molar-refractivity contribution in [1.82, 2.24) is 19.5 Å². The maximum Gasteiger partial charge on any atom is 0.160 e. The van der Waals surface area contributed by atoms with Crippen molar-refractivity contribution in [3.8, 4) is 61.8 Å². The summed E-state index contributed by atoms with van der Waals surface area (Å²) in [5.74, 6) is 0.661. The number of nitrogens with zero attached hydrogens (tertiary/aromatic N) is 4. The second-order valence-corrected chi connectivity index (χ2v) is 14.1. The molecular formula is C51H32N4O. The summed E-state index contributed by atoms with van der Waals surface area (Å²) < 4.78 is 8.70. The first kappa shape index (κ1) is 31.9. The highest BCUT2D eigenvalue weighted by Gasteiger charge is 2.19. The number of benzene rings is 7. The number of fused-ring (bicyclic) bond motifs is 6. The van der Waals surface area contributed by atoms with Crippen molar-refractivity contribution in [1.29, 1.82) is 0 Å². The molecule has 0 unspecified atom stereocenters. The first-order chi connectivity index (χ1) is 27.7. The molecule has 5 nitrogen and oxygen atoms in total. The number of aromatic nitrogens is 4. The summed E-state index contributed by atoms with van der Waals surface area (Å²) in [5.41, 5.74) is 14.1. The summed E-state index contributed by atoms with van der Waals surface area (Å²) in [5, 5.41) is 4.53. The van der Waals surface area contributed by atoms with E-state index in [2.05, 4.69) is 137 Å². The van der Waals surface area contributed by atoms with E-state index in [9.17, 15) is 0 Å². The zero-order valence-corrected chi connectivity index (χ0v) is 30.2. The third-order valence-electron chi connectivity index (χ3n) is 10.7. The number of hydrogen-bond acceptors (Lipinski definition) is 4. The highest BCUT2D eigenvalue weighted by atomic mass is 16.3. The quantitative estimate of drug-likeness (QED) is 0.172. The van der Waals surface area contributed by atoms with Crippen LogP contribution in [0.2, 0.25) is 0 Å². The number of pyridine rings is 1. The molecule has 11 rings (SSSR count). The molecule has 7 aromatic carbocycles. The highest BCUT2D eigenvalue weighted by Crippen LogP contribution is 2.40. The van der Waals surface area contributed by atoms with Crippen LogP contribution >= 0.6 is 0 Å². The van der Waals surface area contributed by atoms with E-state index in [1.54, 1.807) is 0 Å². The number of hydrogen-bond donors (Lipinski definition) is 0. The minimum atomic E-state index is 0.661. The molecule has 4 heterocycles. The summed E-state index contributed by atoms with van der Waals surface area (Å²) in [6.45, 7) is 0. The Labute approximate surface area is 322 Å². The van der Waals surface area contributed by atoms with Crippen molar-refractivity contribution in [3.05, 3.63) is 194 Å². The van der Waals surface area contributed by atoms with Crippen molar-refractivity contribution in [2.75, 3.05) is 0 Å². The Hall–Kier alpha value is -7.63. The van der Waals surface area contributed by atoms with Gasteiger partial charge in [0.15, 0.2) is 5.82 Å². The fourth-order valence-corrected chi connectivity index (χ4v) is 8.09. The molecule has 11 aromatic rings. The van der Waals surface area contributed by atoms with E-state index in [1.165, 1.54) is 10.8 Å². The largest absolute Gasteiger partial charge is 0.456 e. The fourth-order valence-electron chi connectivity index (χ4n) is 8.09. The molecule has 0 aliphatic carbocycles. The van der Waals surface area contributed by atoms with Gasteiger partial charge in [-0.1, -0.05) is 121 Å². The van der Waals surface area contributed by atoms with E-state index >= 15 is 0 Å². The van der Waals surface area contributed by atoms with Crippen molar-refractivity contribution in [3.63, 3.8) is 0 Å². The van der Waals surface area contributed by atoms with Gasteiger partial charge in [0.1, 0.15) is 11.2 Å². The Morgan fingerprint density at radius 3 is 1.73 bits per heavy atom. The molecule has 0 spiro atoms. The lowest BCUT2D eigenvalue weighted by Gasteiger charge is -2.15. The Bertz CT molecular complexity index is 3180. The Kier molecular flexibility index (Phi) is 7.42. The number of para-hydroxylation sites is 3. The van der Waals surface area contributed by atoms with Crippen LogP contribution in [0.5, 0.6) is 0 Å². The van der Waals surface area contributed by atoms with Gasteiger partial charge in [-0.2, -0.15) is 0 Å². The second-order valence-electron chi connectivity index (χ2n) is 14.1. The van der Waals surface area contributed by atoms with Crippen LogP contribution in [0, 0.1) is 0 Å². The third kappa shape index (κ3) is 5.37. The summed E-state index contributed by atoms with van der Waals surface area (Å²) in [7, 11) is 0. The van der Waals surface area contributed by atoms with Crippen LogP contribution in [-0.4, -0.2) is 19.5 Å².